The third-order valence-corrected chi connectivity index (χ3v) is 3.73. The van der Waals surface area contributed by atoms with Crippen molar-refractivity contribution in [3.05, 3.63) is 0 Å². The number of urea groups is 1. The van der Waals surface area contributed by atoms with Gasteiger partial charge in [0.05, 0.1) is 0 Å². The zero-order valence-electron chi connectivity index (χ0n) is 10.2. The van der Waals surface area contributed by atoms with E-state index in [9.17, 15) is 9.59 Å². The third kappa shape index (κ3) is 2.90. The van der Waals surface area contributed by atoms with Gasteiger partial charge in [-0.2, -0.15) is 0 Å². The predicted octanol–water partition coefficient (Wildman–Crippen LogP) is 1.48. The lowest BCUT2D eigenvalue weighted by atomic mass is 9.77. The molecule has 1 atom stereocenters. The van der Waals surface area contributed by atoms with Gasteiger partial charge in [-0.25, -0.2) is 9.59 Å². The first kappa shape index (κ1) is 12.2. The molecule has 2 saturated carbocycles. The number of carbonyl (C=O) groups is 2. The fraction of sp³-hybridized carbons (Fsp3) is 0.833. The first-order valence-electron chi connectivity index (χ1n) is 6.34. The largest absolute Gasteiger partial charge is 0.480 e. The Labute approximate surface area is 101 Å². The molecule has 0 spiro atoms. The summed E-state index contributed by atoms with van der Waals surface area (Å²) in [4.78, 5) is 22.8. The van der Waals surface area contributed by atoms with Crippen molar-refractivity contribution in [3.8, 4) is 0 Å². The highest BCUT2D eigenvalue weighted by Gasteiger charge is 2.45. The number of hydrogen-bond donors (Lipinski definition) is 3. The first-order chi connectivity index (χ1) is 8.02. The normalized spacial score (nSPS) is 23.4. The third-order valence-electron chi connectivity index (χ3n) is 3.73. The van der Waals surface area contributed by atoms with Crippen molar-refractivity contribution in [2.75, 3.05) is 0 Å². The Balaban J connectivity index is 1.77. The van der Waals surface area contributed by atoms with Crippen LogP contribution in [0.1, 0.15) is 45.4 Å². The van der Waals surface area contributed by atoms with Crippen LogP contribution in [0.3, 0.4) is 0 Å². The van der Waals surface area contributed by atoms with Crippen LogP contribution in [0.15, 0.2) is 0 Å². The van der Waals surface area contributed by atoms with Crippen molar-refractivity contribution in [3.63, 3.8) is 0 Å². The molecule has 5 heteroatoms. The summed E-state index contributed by atoms with van der Waals surface area (Å²) in [6, 6.07) is -0.228. The van der Waals surface area contributed by atoms with Crippen LogP contribution < -0.4 is 10.6 Å². The Kier molecular flexibility index (Phi) is 3.26. The van der Waals surface area contributed by atoms with Crippen LogP contribution in [0, 0.1) is 5.92 Å². The standard InChI is InChI=1S/C12H20N2O3/c1-8(7-9-3-4-9)13-11(17)14-12(10(15)16)5-2-6-12/h8-9H,2-7H2,1H3,(H,15,16)(H2,13,14,17). The lowest BCUT2D eigenvalue weighted by Gasteiger charge is -2.38. The Hall–Kier alpha value is -1.26. The molecule has 2 aliphatic rings. The zero-order valence-corrected chi connectivity index (χ0v) is 10.2. The van der Waals surface area contributed by atoms with E-state index in [1.165, 1.54) is 12.8 Å². The summed E-state index contributed by atoms with van der Waals surface area (Å²) >= 11 is 0. The molecule has 0 saturated heterocycles. The maximum Gasteiger partial charge on any atom is 0.329 e. The van der Waals surface area contributed by atoms with Gasteiger partial charge in [-0.05, 0) is 38.5 Å². The fourth-order valence-electron chi connectivity index (χ4n) is 2.31. The van der Waals surface area contributed by atoms with Crippen LogP contribution in [0.4, 0.5) is 4.79 Å². The quantitative estimate of drug-likeness (QED) is 0.681. The highest BCUT2D eigenvalue weighted by atomic mass is 16.4. The number of rotatable bonds is 5. The highest BCUT2D eigenvalue weighted by Crippen LogP contribution is 2.34. The molecule has 0 heterocycles. The lowest BCUT2D eigenvalue weighted by molar-refractivity contribution is -0.148. The summed E-state index contributed by atoms with van der Waals surface area (Å²) in [6.45, 7) is 1.96. The van der Waals surface area contributed by atoms with Crippen molar-refractivity contribution < 1.29 is 14.7 Å². The van der Waals surface area contributed by atoms with Gasteiger partial charge in [0.2, 0.25) is 0 Å². The van der Waals surface area contributed by atoms with Crippen LogP contribution in [0.25, 0.3) is 0 Å². The SMILES string of the molecule is CC(CC1CC1)NC(=O)NC1(C(=O)O)CCC1. The molecule has 17 heavy (non-hydrogen) atoms. The zero-order chi connectivity index (χ0) is 12.5. The summed E-state index contributed by atoms with van der Waals surface area (Å²) in [5.41, 5.74) is -1.01. The summed E-state index contributed by atoms with van der Waals surface area (Å²) in [5, 5.41) is 14.5. The van der Waals surface area contributed by atoms with E-state index in [4.69, 9.17) is 5.11 Å². The molecule has 3 N–H and O–H groups in total. The predicted molar refractivity (Wildman–Crippen MR) is 62.7 cm³/mol. The van der Waals surface area contributed by atoms with E-state index in [0.29, 0.717) is 12.8 Å². The van der Waals surface area contributed by atoms with E-state index in [2.05, 4.69) is 10.6 Å². The van der Waals surface area contributed by atoms with E-state index >= 15 is 0 Å². The number of carboxylic acids is 1. The molecule has 96 valence electrons. The second-order valence-electron chi connectivity index (χ2n) is 5.42. The van der Waals surface area contributed by atoms with Gasteiger partial charge in [0, 0.05) is 6.04 Å². The lowest BCUT2D eigenvalue weighted by Crippen LogP contribution is -2.61. The summed E-state index contributed by atoms with van der Waals surface area (Å²) in [6.07, 6.45) is 5.44. The number of nitrogens with one attached hydrogen (secondary N) is 2. The van der Waals surface area contributed by atoms with E-state index < -0.39 is 11.5 Å². The van der Waals surface area contributed by atoms with Gasteiger partial charge in [-0.15, -0.1) is 0 Å². The van der Waals surface area contributed by atoms with Gasteiger partial charge >= 0.3 is 12.0 Å². The van der Waals surface area contributed by atoms with Gasteiger partial charge < -0.3 is 15.7 Å². The van der Waals surface area contributed by atoms with Crippen LogP contribution in [0.5, 0.6) is 0 Å². The molecule has 0 aromatic heterocycles. The molecule has 1 unspecified atom stereocenters. The second kappa shape index (κ2) is 4.55. The number of hydrogen-bond acceptors (Lipinski definition) is 2. The minimum Gasteiger partial charge on any atom is -0.480 e. The van der Waals surface area contributed by atoms with E-state index in [0.717, 1.165) is 18.8 Å². The second-order valence-corrected chi connectivity index (χ2v) is 5.42. The summed E-state index contributed by atoms with van der Waals surface area (Å²) in [5.74, 6) is -0.170. The van der Waals surface area contributed by atoms with Crippen LogP contribution in [0.2, 0.25) is 0 Å². The monoisotopic (exact) mass is 240 g/mol. The maximum absolute atomic E-state index is 11.7. The van der Waals surface area contributed by atoms with E-state index in [1.54, 1.807) is 0 Å². The summed E-state index contributed by atoms with van der Waals surface area (Å²) < 4.78 is 0. The average Bonchev–Trinajstić information content (AvgIpc) is 2.94. The Morgan fingerprint density at radius 3 is 2.47 bits per heavy atom. The topological polar surface area (TPSA) is 78.4 Å². The molecule has 0 radical (unpaired) electrons. The van der Waals surface area contributed by atoms with Crippen LogP contribution in [-0.4, -0.2) is 28.7 Å². The summed E-state index contributed by atoms with van der Waals surface area (Å²) in [7, 11) is 0. The Morgan fingerprint density at radius 2 is 2.06 bits per heavy atom. The smallest absolute Gasteiger partial charge is 0.329 e. The minimum absolute atomic E-state index is 0.119. The van der Waals surface area contributed by atoms with Crippen molar-refractivity contribution in [2.45, 2.75) is 57.0 Å². The number of carbonyl (C=O) groups excluding carboxylic acids is 1. The number of amides is 2. The molecule has 2 rings (SSSR count). The molecule has 2 fully saturated rings. The molecule has 0 bridgehead atoms. The molecule has 5 nitrogen and oxygen atoms in total. The Bertz CT molecular complexity index is 322. The van der Waals surface area contributed by atoms with Crippen LogP contribution in [-0.2, 0) is 4.79 Å². The van der Waals surface area contributed by atoms with Crippen molar-refractivity contribution in [2.24, 2.45) is 5.92 Å². The molecule has 0 aliphatic heterocycles. The minimum atomic E-state index is -1.01. The molecular weight excluding hydrogens is 220 g/mol. The number of carboxylic acid groups (broad SMARTS) is 1. The molecule has 2 aliphatic carbocycles. The average molecular weight is 240 g/mol. The highest BCUT2D eigenvalue weighted by molar-refractivity contribution is 5.87. The van der Waals surface area contributed by atoms with E-state index in [1.807, 2.05) is 6.92 Å². The molecule has 2 amide bonds. The van der Waals surface area contributed by atoms with Crippen molar-refractivity contribution >= 4 is 12.0 Å². The van der Waals surface area contributed by atoms with Crippen molar-refractivity contribution in [1.82, 2.24) is 10.6 Å². The first-order valence-corrected chi connectivity index (χ1v) is 6.34. The van der Waals surface area contributed by atoms with Crippen molar-refractivity contribution in [1.29, 1.82) is 0 Å². The maximum atomic E-state index is 11.7. The van der Waals surface area contributed by atoms with Crippen LogP contribution >= 0.6 is 0 Å². The van der Waals surface area contributed by atoms with Gasteiger partial charge in [0.1, 0.15) is 5.54 Å². The fourth-order valence-corrected chi connectivity index (χ4v) is 2.31. The van der Waals surface area contributed by atoms with Gasteiger partial charge in [-0.1, -0.05) is 12.8 Å². The Morgan fingerprint density at radius 1 is 1.41 bits per heavy atom. The van der Waals surface area contributed by atoms with Gasteiger partial charge in [-0.3, -0.25) is 0 Å². The molecule has 0 aromatic rings. The van der Waals surface area contributed by atoms with E-state index in [-0.39, 0.29) is 12.1 Å². The van der Waals surface area contributed by atoms with Gasteiger partial charge in [0.25, 0.3) is 0 Å². The van der Waals surface area contributed by atoms with Gasteiger partial charge in [0.15, 0.2) is 0 Å². The molecular formula is C12H20N2O3. The molecule has 0 aromatic carbocycles. The number of aliphatic carboxylic acids is 1.